The number of amides is 1. The molecule has 1 heterocycles. The highest BCUT2D eigenvalue weighted by Crippen LogP contribution is 2.23. The van der Waals surface area contributed by atoms with Crippen molar-refractivity contribution in [2.75, 3.05) is 6.54 Å². The summed E-state index contributed by atoms with van der Waals surface area (Å²) < 4.78 is 0. The highest BCUT2D eigenvalue weighted by molar-refractivity contribution is 5.76. The van der Waals surface area contributed by atoms with E-state index in [4.69, 9.17) is 0 Å². The fourth-order valence-electron chi connectivity index (χ4n) is 2.16. The molecule has 0 bridgehead atoms. The zero-order valence-corrected chi connectivity index (χ0v) is 9.05. The molecular weight excluding hydrogens is 162 g/mol. The predicted octanol–water partition coefficient (Wildman–Crippen LogP) is 2.43. The molecule has 1 aliphatic rings. The molecule has 1 saturated heterocycles. The SMILES string of the molecule is CCC(=O)N1CCCC1CC(C)C. The van der Waals surface area contributed by atoms with Gasteiger partial charge >= 0.3 is 0 Å². The van der Waals surface area contributed by atoms with Crippen LogP contribution in [-0.4, -0.2) is 23.4 Å². The fourth-order valence-corrected chi connectivity index (χ4v) is 2.16. The van der Waals surface area contributed by atoms with Crippen LogP contribution in [0.1, 0.15) is 46.5 Å². The highest BCUT2D eigenvalue weighted by atomic mass is 16.2. The zero-order valence-electron chi connectivity index (χ0n) is 9.05. The third-order valence-corrected chi connectivity index (χ3v) is 2.74. The molecule has 0 aromatic rings. The average Bonchev–Trinajstić information content (AvgIpc) is 2.50. The Morgan fingerprint density at radius 1 is 1.54 bits per heavy atom. The Kier molecular flexibility index (Phi) is 3.76. The first-order chi connectivity index (χ1) is 6.15. The van der Waals surface area contributed by atoms with Crippen LogP contribution in [0.4, 0.5) is 0 Å². The number of rotatable bonds is 3. The number of hydrogen-bond acceptors (Lipinski definition) is 1. The Hall–Kier alpha value is -0.530. The fraction of sp³-hybridized carbons (Fsp3) is 0.909. The van der Waals surface area contributed by atoms with Crippen LogP contribution in [0.3, 0.4) is 0 Å². The van der Waals surface area contributed by atoms with Crippen LogP contribution in [0.5, 0.6) is 0 Å². The van der Waals surface area contributed by atoms with Crippen molar-refractivity contribution in [3.8, 4) is 0 Å². The predicted molar refractivity (Wildman–Crippen MR) is 54.5 cm³/mol. The molecule has 13 heavy (non-hydrogen) atoms. The lowest BCUT2D eigenvalue weighted by atomic mass is 10.0. The topological polar surface area (TPSA) is 20.3 Å². The van der Waals surface area contributed by atoms with Gasteiger partial charge < -0.3 is 4.90 Å². The number of carbonyl (C=O) groups excluding carboxylic acids is 1. The van der Waals surface area contributed by atoms with Gasteiger partial charge in [-0.05, 0) is 25.2 Å². The summed E-state index contributed by atoms with van der Waals surface area (Å²) in [4.78, 5) is 13.6. The lowest BCUT2D eigenvalue weighted by Gasteiger charge is -2.25. The molecule has 2 heteroatoms. The van der Waals surface area contributed by atoms with Crippen LogP contribution in [0.25, 0.3) is 0 Å². The summed E-state index contributed by atoms with van der Waals surface area (Å²) in [6, 6.07) is 0.535. The van der Waals surface area contributed by atoms with Gasteiger partial charge in [0.05, 0.1) is 0 Å². The third kappa shape index (κ3) is 2.71. The molecule has 0 aromatic heterocycles. The van der Waals surface area contributed by atoms with E-state index in [1.807, 2.05) is 6.92 Å². The molecule has 1 aliphatic heterocycles. The molecule has 1 rings (SSSR count). The van der Waals surface area contributed by atoms with Crippen molar-refractivity contribution in [1.82, 2.24) is 4.90 Å². The summed E-state index contributed by atoms with van der Waals surface area (Å²) in [5.41, 5.74) is 0. The van der Waals surface area contributed by atoms with Gasteiger partial charge in [0, 0.05) is 19.0 Å². The number of likely N-dealkylation sites (tertiary alicyclic amines) is 1. The van der Waals surface area contributed by atoms with E-state index in [1.165, 1.54) is 19.3 Å². The molecule has 1 amide bonds. The summed E-state index contributed by atoms with van der Waals surface area (Å²) in [5.74, 6) is 1.04. The highest BCUT2D eigenvalue weighted by Gasteiger charge is 2.27. The first-order valence-corrected chi connectivity index (χ1v) is 5.44. The van der Waals surface area contributed by atoms with Crippen molar-refractivity contribution in [3.05, 3.63) is 0 Å². The van der Waals surface area contributed by atoms with Crippen molar-refractivity contribution in [2.24, 2.45) is 5.92 Å². The molecule has 0 aromatic carbocycles. The lowest BCUT2D eigenvalue weighted by Crippen LogP contribution is -2.35. The molecule has 0 saturated carbocycles. The van der Waals surface area contributed by atoms with Gasteiger partial charge in [-0.3, -0.25) is 4.79 Å². The molecule has 0 N–H and O–H groups in total. The van der Waals surface area contributed by atoms with E-state index in [9.17, 15) is 4.79 Å². The van der Waals surface area contributed by atoms with E-state index in [2.05, 4.69) is 18.7 Å². The first kappa shape index (κ1) is 10.6. The molecule has 0 radical (unpaired) electrons. The molecule has 76 valence electrons. The Balaban J connectivity index is 2.48. The Labute approximate surface area is 81.3 Å². The van der Waals surface area contributed by atoms with E-state index >= 15 is 0 Å². The summed E-state index contributed by atoms with van der Waals surface area (Å²) >= 11 is 0. The van der Waals surface area contributed by atoms with Gasteiger partial charge in [0.25, 0.3) is 0 Å². The quantitative estimate of drug-likeness (QED) is 0.658. The second kappa shape index (κ2) is 4.64. The van der Waals surface area contributed by atoms with E-state index in [0.29, 0.717) is 24.3 Å². The van der Waals surface area contributed by atoms with Crippen LogP contribution < -0.4 is 0 Å². The van der Waals surface area contributed by atoms with E-state index in [0.717, 1.165) is 6.54 Å². The van der Waals surface area contributed by atoms with Crippen LogP contribution in [0.15, 0.2) is 0 Å². The van der Waals surface area contributed by atoms with Gasteiger partial charge in [-0.1, -0.05) is 20.8 Å². The molecular formula is C11H21NO. The number of carbonyl (C=O) groups is 1. The standard InChI is InChI=1S/C11H21NO/c1-4-11(13)12-7-5-6-10(12)8-9(2)3/h9-10H,4-8H2,1-3H3. The van der Waals surface area contributed by atoms with Gasteiger partial charge in [0.1, 0.15) is 0 Å². The van der Waals surface area contributed by atoms with Crippen molar-refractivity contribution in [2.45, 2.75) is 52.5 Å². The van der Waals surface area contributed by atoms with Gasteiger partial charge in [0.15, 0.2) is 0 Å². The van der Waals surface area contributed by atoms with Gasteiger partial charge in [-0.2, -0.15) is 0 Å². The zero-order chi connectivity index (χ0) is 9.84. The lowest BCUT2D eigenvalue weighted by molar-refractivity contribution is -0.131. The second-order valence-corrected chi connectivity index (χ2v) is 4.37. The largest absolute Gasteiger partial charge is 0.340 e. The molecule has 0 aliphatic carbocycles. The first-order valence-electron chi connectivity index (χ1n) is 5.44. The number of nitrogens with zero attached hydrogens (tertiary/aromatic N) is 1. The minimum atomic E-state index is 0.336. The second-order valence-electron chi connectivity index (χ2n) is 4.37. The van der Waals surface area contributed by atoms with Crippen molar-refractivity contribution < 1.29 is 4.79 Å². The van der Waals surface area contributed by atoms with Crippen LogP contribution in [0, 0.1) is 5.92 Å². The molecule has 1 atom stereocenters. The van der Waals surface area contributed by atoms with Crippen LogP contribution in [0.2, 0.25) is 0 Å². The molecule has 1 fully saturated rings. The summed E-state index contributed by atoms with van der Waals surface area (Å²) in [5, 5.41) is 0. The van der Waals surface area contributed by atoms with Crippen molar-refractivity contribution in [1.29, 1.82) is 0 Å². The van der Waals surface area contributed by atoms with Crippen LogP contribution in [-0.2, 0) is 4.79 Å². The minimum absolute atomic E-state index is 0.336. The van der Waals surface area contributed by atoms with Gasteiger partial charge in [0.2, 0.25) is 5.91 Å². The van der Waals surface area contributed by atoms with Crippen molar-refractivity contribution in [3.63, 3.8) is 0 Å². The van der Waals surface area contributed by atoms with Gasteiger partial charge in [-0.25, -0.2) is 0 Å². The van der Waals surface area contributed by atoms with E-state index in [-0.39, 0.29) is 0 Å². The van der Waals surface area contributed by atoms with Gasteiger partial charge in [-0.15, -0.1) is 0 Å². The van der Waals surface area contributed by atoms with E-state index in [1.54, 1.807) is 0 Å². The van der Waals surface area contributed by atoms with Crippen LogP contribution >= 0.6 is 0 Å². The minimum Gasteiger partial charge on any atom is -0.340 e. The molecule has 0 spiro atoms. The summed E-state index contributed by atoms with van der Waals surface area (Å²) in [6.45, 7) is 7.40. The third-order valence-electron chi connectivity index (χ3n) is 2.74. The summed E-state index contributed by atoms with van der Waals surface area (Å²) in [7, 11) is 0. The number of hydrogen-bond donors (Lipinski definition) is 0. The maximum Gasteiger partial charge on any atom is 0.222 e. The summed E-state index contributed by atoms with van der Waals surface area (Å²) in [6.07, 6.45) is 4.24. The van der Waals surface area contributed by atoms with E-state index < -0.39 is 0 Å². The molecule has 2 nitrogen and oxygen atoms in total. The smallest absolute Gasteiger partial charge is 0.222 e. The van der Waals surface area contributed by atoms with Crippen molar-refractivity contribution >= 4 is 5.91 Å². The Morgan fingerprint density at radius 2 is 2.23 bits per heavy atom. The maximum absolute atomic E-state index is 11.5. The maximum atomic E-state index is 11.5. The normalized spacial score (nSPS) is 22.8. The Bertz CT molecular complexity index is 177. The average molecular weight is 183 g/mol. The molecule has 1 unspecified atom stereocenters. The Morgan fingerprint density at radius 3 is 2.77 bits per heavy atom. The monoisotopic (exact) mass is 183 g/mol.